The van der Waals surface area contributed by atoms with Gasteiger partial charge in [-0.15, -0.1) is 0 Å². The second-order valence-electron chi connectivity index (χ2n) is 1.92. The van der Waals surface area contributed by atoms with Gasteiger partial charge in [0.25, 0.3) is 0 Å². The van der Waals surface area contributed by atoms with E-state index in [2.05, 4.69) is 26.0 Å². The van der Waals surface area contributed by atoms with E-state index >= 15 is 0 Å². The van der Waals surface area contributed by atoms with E-state index in [1.807, 2.05) is 0 Å². The highest BCUT2D eigenvalue weighted by atomic mass is 127. The summed E-state index contributed by atoms with van der Waals surface area (Å²) in [6, 6.07) is 0.442. The summed E-state index contributed by atoms with van der Waals surface area (Å²) in [6.45, 7) is 2.24. The SMILES string of the molecule is N[C@@H]1CCN(I)C1. The van der Waals surface area contributed by atoms with Gasteiger partial charge in [-0.05, 0) is 6.42 Å². The highest BCUT2D eigenvalue weighted by Gasteiger charge is 2.15. The van der Waals surface area contributed by atoms with E-state index in [0.717, 1.165) is 6.54 Å². The first kappa shape index (κ1) is 5.78. The third-order valence-electron chi connectivity index (χ3n) is 1.18. The Labute approximate surface area is 57.5 Å². The summed E-state index contributed by atoms with van der Waals surface area (Å²) >= 11 is 2.30. The minimum atomic E-state index is 0.442. The zero-order valence-electron chi connectivity index (χ0n) is 4.10. The Hall–Kier alpha value is 0.650. The normalized spacial score (nSPS) is 34.3. The molecule has 1 rings (SSSR count). The van der Waals surface area contributed by atoms with Crippen LogP contribution in [0.5, 0.6) is 0 Å². The molecule has 3 heteroatoms. The fourth-order valence-corrected chi connectivity index (χ4v) is 1.53. The minimum Gasteiger partial charge on any atom is -0.326 e. The average molecular weight is 212 g/mol. The number of nitrogens with two attached hydrogens (primary N) is 1. The Bertz CT molecular complexity index is 58.7. The van der Waals surface area contributed by atoms with Crippen molar-refractivity contribution in [3.63, 3.8) is 0 Å². The van der Waals surface area contributed by atoms with Crippen LogP contribution in [0.25, 0.3) is 0 Å². The molecule has 0 bridgehead atoms. The molecule has 1 heterocycles. The van der Waals surface area contributed by atoms with Crippen LogP contribution in [-0.4, -0.2) is 22.2 Å². The molecule has 42 valence electrons. The van der Waals surface area contributed by atoms with Crippen molar-refractivity contribution >= 4 is 22.9 Å². The summed E-state index contributed by atoms with van der Waals surface area (Å²) in [5, 5.41) is 0. The molecule has 1 fully saturated rings. The second-order valence-corrected chi connectivity index (χ2v) is 3.28. The lowest BCUT2D eigenvalue weighted by Crippen LogP contribution is -2.21. The van der Waals surface area contributed by atoms with E-state index in [1.165, 1.54) is 13.0 Å². The summed E-state index contributed by atoms with van der Waals surface area (Å²) in [4.78, 5) is 0. The minimum absolute atomic E-state index is 0.442. The smallest absolute Gasteiger partial charge is 0.0233 e. The van der Waals surface area contributed by atoms with E-state index in [-0.39, 0.29) is 0 Å². The lowest BCUT2D eigenvalue weighted by atomic mass is 10.3. The Balaban J connectivity index is 2.26. The molecule has 0 aromatic heterocycles. The Kier molecular flexibility index (Phi) is 1.88. The van der Waals surface area contributed by atoms with E-state index in [4.69, 9.17) is 5.73 Å². The van der Waals surface area contributed by atoms with Crippen LogP contribution in [-0.2, 0) is 0 Å². The number of nitrogens with zero attached hydrogens (tertiary/aromatic N) is 1. The lowest BCUT2D eigenvalue weighted by Gasteiger charge is -2.00. The first-order chi connectivity index (χ1) is 3.29. The fourth-order valence-electron chi connectivity index (χ4n) is 0.743. The van der Waals surface area contributed by atoms with E-state index in [0.29, 0.717) is 6.04 Å². The molecule has 1 aliphatic heterocycles. The maximum atomic E-state index is 5.58. The molecule has 0 spiro atoms. The molecule has 2 nitrogen and oxygen atoms in total. The third kappa shape index (κ3) is 1.54. The molecule has 1 atom stereocenters. The number of halogens is 1. The van der Waals surface area contributed by atoms with Crippen molar-refractivity contribution in [1.82, 2.24) is 3.11 Å². The van der Waals surface area contributed by atoms with Crippen molar-refractivity contribution in [1.29, 1.82) is 0 Å². The van der Waals surface area contributed by atoms with Crippen LogP contribution in [0.15, 0.2) is 0 Å². The average Bonchev–Trinajstić information content (AvgIpc) is 1.87. The Morgan fingerprint density at radius 1 is 1.71 bits per heavy atom. The standard InChI is InChI=1S/C4H9IN2/c5-7-2-1-4(6)3-7/h4H,1-3,6H2/t4-/m1/s1. The molecule has 0 saturated carbocycles. The van der Waals surface area contributed by atoms with Crippen LogP contribution in [0.4, 0.5) is 0 Å². The largest absolute Gasteiger partial charge is 0.326 e. The van der Waals surface area contributed by atoms with Crippen LogP contribution in [0.1, 0.15) is 6.42 Å². The lowest BCUT2D eigenvalue weighted by molar-refractivity contribution is 0.617. The molecule has 0 unspecified atom stereocenters. The van der Waals surface area contributed by atoms with Crippen LogP contribution < -0.4 is 5.73 Å². The van der Waals surface area contributed by atoms with Gasteiger partial charge in [0.2, 0.25) is 0 Å². The van der Waals surface area contributed by atoms with Crippen molar-refractivity contribution in [2.75, 3.05) is 13.1 Å². The number of rotatable bonds is 0. The number of hydrogen-bond donors (Lipinski definition) is 1. The summed E-state index contributed by atoms with van der Waals surface area (Å²) in [6.07, 6.45) is 1.17. The van der Waals surface area contributed by atoms with Gasteiger partial charge in [0.1, 0.15) is 0 Å². The maximum absolute atomic E-state index is 5.58. The molecule has 1 saturated heterocycles. The molecular formula is C4H9IN2. The maximum Gasteiger partial charge on any atom is 0.0233 e. The van der Waals surface area contributed by atoms with Gasteiger partial charge in [-0.1, -0.05) is 0 Å². The zero-order valence-corrected chi connectivity index (χ0v) is 6.26. The van der Waals surface area contributed by atoms with Crippen molar-refractivity contribution in [2.24, 2.45) is 5.73 Å². The summed E-state index contributed by atoms with van der Waals surface area (Å²) in [7, 11) is 0. The molecule has 0 aromatic carbocycles. The van der Waals surface area contributed by atoms with Gasteiger partial charge in [-0.2, -0.15) is 0 Å². The zero-order chi connectivity index (χ0) is 5.28. The molecule has 0 aliphatic carbocycles. The first-order valence-corrected chi connectivity index (χ1v) is 3.42. The van der Waals surface area contributed by atoms with Gasteiger partial charge in [0.15, 0.2) is 0 Å². The van der Waals surface area contributed by atoms with Crippen LogP contribution in [0.3, 0.4) is 0 Å². The van der Waals surface area contributed by atoms with Gasteiger partial charge in [0, 0.05) is 42.0 Å². The molecule has 0 radical (unpaired) electrons. The van der Waals surface area contributed by atoms with Gasteiger partial charge >= 0.3 is 0 Å². The van der Waals surface area contributed by atoms with Crippen molar-refractivity contribution < 1.29 is 0 Å². The summed E-state index contributed by atoms with van der Waals surface area (Å²) < 4.78 is 2.22. The molecule has 0 aromatic rings. The van der Waals surface area contributed by atoms with Gasteiger partial charge in [-0.3, -0.25) is 0 Å². The molecule has 0 amide bonds. The summed E-state index contributed by atoms with van der Waals surface area (Å²) in [5.74, 6) is 0. The van der Waals surface area contributed by atoms with Gasteiger partial charge < -0.3 is 5.73 Å². The summed E-state index contributed by atoms with van der Waals surface area (Å²) in [5.41, 5.74) is 5.58. The highest BCUT2D eigenvalue weighted by molar-refractivity contribution is 14.1. The molecule has 2 N–H and O–H groups in total. The quantitative estimate of drug-likeness (QED) is 0.464. The van der Waals surface area contributed by atoms with Crippen LogP contribution in [0.2, 0.25) is 0 Å². The fraction of sp³-hybridized carbons (Fsp3) is 1.00. The second kappa shape index (κ2) is 2.28. The molecular weight excluding hydrogens is 203 g/mol. The first-order valence-electron chi connectivity index (χ1n) is 2.45. The number of hydrogen-bond acceptors (Lipinski definition) is 2. The third-order valence-corrected chi connectivity index (χ3v) is 2.05. The Morgan fingerprint density at radius 3 is 2.57 bits per heavy atom. The van der Waals surface area contributed by atoms with Gasteiger partial charge in [0.05, 0.1) is 0 Å². The molecule has 1 aliphatic rings. The Morgan fingerprint density at radius 2 is 2.43 bits per heavy atom. The predicted molar refractivity (Wildman–Crippen MR) is 38.2 cm³/mol. The van der Waals surface area contributed by atoms with Crippen LogP contribution >= 0.6 is 22.9 Å². The molecule has 7 heavy (non-hydrogen) atoms. The van der Waals surface area contributed by atoms with Gasteiger partial charge in [-0.25, -0.2) is 3.11 Å². The predicted octanol–water partition coefficient (Wildman–Crippen LogP) is 0.369. The monoisotopic (exact) mass is 212 g/mol. The van der Waals surface area contributed by atoms with E-state index in [1.54, 1.807) is 0 Å². The van der Waals surface area contributed by atoms with Crippen molar-refractivity contribution in [3.8, 4) is 0 Å². The van der Waals surface area contributed by atoms with E-state index < -0.39 is 0 Å². The van der Waals surface area contributed by atoms with Crippen molar-refractivity contribution in [3.05, 3.63) is 0 Å². The topological polar surface area (TPSA) is 29.3 Å². The van der Waals surface area contributed by atoms with Crippen LogP contribution in [0, 0.1) is 0 Å². The van der Waals surface area contributed by atoms with E-state index in [9.17, 15) is 0 Å². The van der Waals surface area contributed by atoms with Crippen molar-refractivity contribution in [2.45, 2.75) is 12.5 Å². The highest BCUT2D eigenvalue weighted by Crippen LogP contribution is 2.10.